The molecule has 10 rings (SSSR count). The summed E-state index contributed by atoms with van der Waals surface area (Å²) in [6, 6.07) is 58.6. The maximum atomic E-state index is 6.60. The Balaban J connectivity index is 1.21. The Kier molecular flexibility index (Phi) is 6.42. The molecular weight excluding hydrogens is 613 g/mol. The lowest BCUT2D eigenvalue weighted by Gasteiger charge is -2.12. The van der Waals surface area contributed by atoms with Crippen LogP contribution in [0.1, 0.15) is 0 Å². The second-order valence-corrected chi connectivity index (χ2v) is 12.5. The molecule has 0 aliphatic carbocycles. The second kappa shape index (κ2) is 11.4. The highest BCUT2D eigenvalue weighted by molar-refractivity contribution is 6.21. The molecule has 3 aromatic heterocycles. The number of para-hydroxylation sites is 2. The molecule has 0 aliphatic rings. The van der Waals surface area contributed by atoms with Crippen LogP contribution in [0, 0.1) is 0 Å². The van der Waals surface area contributed by atoms with E-state index in [-0.39, 0.29) is 0 Å². The summed E-state index contributed by atoms with van der Waals surface area (Å²) in [5.41, 5.74) is 9.98. The monoisotopic (exact) mass is 640 g/mol. The predicted molar refractivity (Wildman–Crippen MR) is 203 cm³/mol. The number of aromatic nitrogens is 4. The highest BCUT2D eigenvalue weighted by Crippen LogP contribution is 2.40. The lowest BCUT2D eigenvalue weighted by atomic mass is 9.98. The molecule has 234 valence electrons. The van der Waals surface area contributed by atoms with E-state index in [9.17, 15) is 0 Å². The van der Waals surface area contributed by atoms with Crippen molar-refractivity contribution in [3.63, 3.8) is 0 Å². The first-order valence-corrected chi connectivity index (χ1v) is 16.7. The van der Waals surface area contributed by atoms with Gasteiger partial charge in [-0.3, -0.25) is 4.57 Å². The normalized spacial score (nSPS) is 11.6. The van der Waals surface area contributed by atoms with Gasteiger partial charge in [-0.2, -0.15) is 9.97 Å². The number of hydrogen-bond donors (Lipinski definition) is 0. The molecule has 0 atom stereocenters. The zero-order valence-corrected chi connectivity index (χ0v) is 26.9. The number of rotatable bonds is 5. The van der Waals surface area contributed by atoms with Gasteiger partial charge < -0.3 is 4.42 Å². The molecule has 0 saturated carbocycles. The largest absolute Gasteiger partial charge is 0.454 e. The van der Waals surface area contributed by atoms with Gasteiger partial charge in [0, 0.05) is 32.7 Å². The maximum Gasteiger partial charge on any atom is 0.238 e. The van der Waals surface area contributed by atoms with Crippen molar-refractivity contribution < 1.29 is 4.42 Å². The zero-order chi connectivity index (χ0) is 33.0. The molecular formula is C45H28N4O. The third-order valence-electron chi connectivity index (χ3n) is 9.46. The minimum absolute atomic E-state index is 0.532. The first-order valence-electron chi connectivity index (χ1n) is 16.7. The lowest BCUT2D eigenvalue weighted by Crippen LogP contribution is -2.06. The molecule has 3 heterocycles. The van der Waals surface area contributed by atoms with E-state index in [1.807, 2.05) is 54.6 Å². The average molecular weight is 641 g/mol. The van der Waals surface area contributed by atoms with Crippen LogP contribution in [-0.4, -0.2) is 19.5 Å². The van der Waals surface area contributed by atoms with Crippen LogP contribution in [0.4, 0.5) is 0 Å². The van der Waals surface area contributed by atoms with Gasteiger partial charge in [-0.1, -0.05) is 140 Å². The SMILES string of the molecule is c1ccc(-c2cccc(-c3cccc(-c4nc(-c5ccccc5)nc(-n5c6ccccc6c6ccc7c8ccccc8oc7c65)n4)c3)c2)cc1. The van der Waals surface area contributed by atoms with E-state index in [2.05, 4.69) is 120 Å². The van der Waals surface area contributed by atoms with Crippen molar-refractivity contribution in [2.75, 3.05) is 0 Å². The van der Waals surface area contributed by atoms with Gasteiger partial charge in [0.25, 0.3) is 0 Å². The molecule has 7 aromatic carbocycles. The number of hydrogen-bond acceptors (Lipinski definition) is 4. The summed E-state index contributed by atoms with van der Waals surface area (Å²) in [4.78, 5) is 15.5. The first kappa shape index (κ1) is 28.2. The van der Waals surface area contributed by atoms with Crippen LogP contribution < -0.4 is 0 Å². The molecule has 0 unspecified atom stereocenters. The summed E-state index contributed by atoms with van der Waals surface area (Å²) in [6.45, 7) is 0. The van der Waals surface area contributed by atoms with Gasteiger partial charge in [-0.25, -0.2) is 4.98 Å². The van der Waals surface area contributed by atoms with Crippen molar-refractivity contribution in [3.05, 3.63) is 170 Å². The van der Waals surface area contributed by atoms with E-state index in [1.165, 1.54) is 11.1 Å². The highest BCUT2D eigenvalue weighted by Gasteiger charge is 2.22. The number of benzene rings is 7. The van der Waals surface area contributed by atoms with Crippen LogP contribution in [0.25, 0.3) is 94.7 Å². The molecule has 5 nitrogen and oxygen atoms in total. The first-order chi connectivity index (χ1) is 24.8. The number of furan rings is 1. The standard InChI is InChI=1S/C45H28N4O/c1-3-13-29(14-4-1)31-17-11-18-32(27-31)33-19-12-20-34(28-33)44-46-43(30-15-5-2-6-16-30)47-45(48-44)49-39-23-9-7-21-35(39)37-25-26-38-36-22-8-10-24-40(36)50-42(38)41(37)49/h1-28H. The molecule has 0 spiro atoms. The average Bonchev–Trinajstić information content (AvgIpc) is 3.75. The van der Waals surface area contributed by atoms with Gasteiger partial charge in [0.15, 0.2) is 17.2 Å². The van der Waals surface area contributed by atoms with E-state index in [4.69, 9.17) is 19.4 Å². The van der Waals surface area contributed by atoms with Gasteiger partial charge in [0.05, 0.1) is 5.52 Å². The molecule has 5 heteroatoms. The van der Waals surface area contributed by atoms with Gasteiger partial charge in [0.1, 0.15) is 11.1 Å². The van der Waals surface area contributed by atoms with Gasteiger partial charge >= 0.3 is 0 Å². The van der Waals surface area contributed by atoms with Crippen LogP contribution >= 0.6 is 0 Å². The fraction of sp³-hybridized carbons (Fsp3) is 0. The molecule has 0 bridgehead atoms. The van der Waals surface area contributed by atoms with Crippen LogP contribution in [-0.2, 0) is 0 Å². The summed E-state index contributed by atoms with van der Waals surface area (Å²) in [5.74, 6) is 1.73. The summed E-state index contributed by atoms with van der Waals surface area (Å²) in [5, 5.41) is 4.32. The van der Waals surface area contributed by atoms with Gasteiger partial charge in [-0.05, 0) is 52.6 Å². The predicted octanol–water partition coefficient (Wildman–Crippen LogP) is 11.5. The maximum absolute atomic E-state index is 6.60. The highest BCUT2D eigenvalue weighted by atomic mass is 16.3. The smallest absolute Gasteiger partial charge is 0.238 e. The quantitative estimate of drug-likeness (QED) is 0.188. The Morgan fingerprint density at radius 3 is 1.68 bits per heavy atom. The van der Waals surface area contributed by atoms with E-state index in [0.717, 1.165) is 66.0 Å². The van der Waals surface area contributed by atoms with Crippen molar-refractivity contribution in [3.8, 4) is 51.0 Å². The van der Waals surface area contributed by atoms with Crippen LogP contribution in [0.3, 0.4) is 0 Å². The van der Waals surface area contributed by atoms with Crippen molar-refractivity contribution >= 4 is 43.7 Å². The minimum Gasteiger partial charge on any atom is -0.454 e. The van der Waals surface area contributed by atoms with E-state index in [1.54, 1.807) is 0 Å². The molecule has 50 heavy (non-hydrogen) atoms. The van der Waals surface area contributed by atoms with Crippen molar-refractivity contribution in [2.24, 2.45) is 0 Å². The van der Waals surface area contributed by atoms with Crippen LogP contribution in [0.2, 0.25) is 0 Å². The Morgan fingerprint density at radius 2 is 0.920 bits per heavy atom. The summed E-state index contributed by atoms with van der Waals surface area (Å²) in [6.07, 6.45) is 0. The van der Waals surface area contributed by atoms with Crippen molar-refractivity contribution in [1.82, 2.24) is 19.5 Å². The molecule has 0 N–H and O–H groups in total. The molecule has 0 amide bonds. The van der Waals surface area contributed by atoms with Gasteiger partial charge in [0.2, 0.25) is 5.95 Å². The van der Waals surface area contributed by atoms with Crippen molar-refractivity contribution in [2.45, 2.75) is 0 Å². The van der Waals surface area contributed by atoms with E-state index >= 15 is 0 Å². The number of fused-ring (bicyclic) bond motifs is 7. The van der Waals surface area contributed by atoms with Crippen LogP contribution in [0.5, 0.6) is 0 Å². The minimum atomic E-state index is 0.532. The molecule has 0 aliphatic heterocycles. The molecule has 0 saturated heterocycles. The summed E-state index contributed by atoms with van der Waals surface area (Å²) < 4.78 is 8.74. The third kappa shape index (κ3) is 4.60. The Labute approximate surface area is 287 Å². The Bertz CT molecular complexity index is 2870. The Hall–Kier alpha value is -6.85. The Morgan fingerprint density at radius 1 is 0.380 bits per heavy atom. The molecule has 0 fully saturated rings. The molecule has 0 radical (unpaired) electrons. The molecule has 10 aromatic rings. The lowest BCUT2D eigenvalue weighted by molar-refractivity contribution is 0.670. The summed E-state index contributed by atoms with van der Waals surface area (Å²) >= 11 is 0. The van der Waals surface area contributed by atoms with Crippen LogP contribution in [0.15, 0.2) is 174 Å². The van der Waals surface area contributed by atoms with Crippen molar-refractivity contribution in [1.29, 1.82) is 0 Å². The zero-order valence-electron chi connectivity index (χ0n) is 26.9. The topological polar surface area (TPSA) is 56.7 Å². The van der Waals surface area contributed by atoms with Gasteiger partial charge in [-0.15, -0.1) is 0 Å². The third-order valence-corrected chi connectivity index (χ3v) is 9.46. The second-order valence-electron chi connectivity index (χ2n) is 12.5. The fourth-order valence-corrected chi connectivity index (χ4v) is 7.10. The summed E-state index contributed by atoms with van der Waals surface area (Å²) in [7, 11) is 0. The van der Waals surface area contributed by atoms with E-state index in [0.29, 0.717) is 17.6 Å². The van der Waals surface area contributed by atoms with E-state index < -0.39 is 0 Å². The number of nitrogens with zero attached hydrogens (tertiary/aromatic N) is 4. The fourth-order valence-electron chi connectivity index (χ4n) is 7.10.